The molecule has 2 rings (SSSR count). The van der Waals surface area contributed by atoms with Crippen LogP contribution in [0.5, 0.6) is 0 Å². The van der Waals surface area contributed by atoms with Gasteiger partial charge in [-0.1, -0.05) is 12.1 Å². The lowest BCUT2D eigenvalue weighted by atomic mass is 10.1. The lowest BCUT2D eigenvalue weighted by molar-refractivity contribution is 0.0963. The van der Waals surface area contributed by atoms with E-state index in [1.807, 2.05) is 43.3 Å². The van der Waals surface area contributed by atoms with Gasteiger partial charge in [-0.25, -0.2) is 0 Å². The maximum atomic E-state index is 11.6. The minimum Gasteiger partial charge on any atom is -0.377 e. The van der Waals surface area contributed by atoms with Gasteiger partial charge < -0.3 is 10.6 Å². The first-order valence-corrected chi connectivity index (χ1v) is 6.20. The second kappa shape index (κ2) is 6.00. The van der Waals surface area contributed by atoms with Crippen molar-refractivity contribution in [1.82, 2.24) is 10.3 Å². The van der Waals surface area contributed by atoms with Crippen molar-refractivity contribution in [1.29, 1.82) is 0 Å². The van der Waals surface area contributed by atoms with Gasteiger partial charge in [-0.2, -0.15) is 0 Å². The fourth-order valence-electron chi connectivity index (χ4n) is 1.85. The zero-order chi connectivity index (χ0) is 13.7. The number of rotatable bonds is 4. The number of amides is 1. The van der Waals surface area contributed by atoms with Gasteiger partial charge in [0.2, 0.25) is 0 Å². The zero-order valence-corrected chi connectivity index (χ0v) is 11.1. The molecule has 0 aliphatic heterocycles. The first-order chi connectivity index (χ1) is 9.20. The van der Waals surface area contributed by atoms with Crippen LogP contribution >= 0.6 is 0 Å². The molecule has 0 bridgehead atoms. The summed E-state index contributed by atoms with van der Waals surface area (Å²) in [6, 6.07) is 13.3. The molecular formula is C15H17N3O. The molecule has 1 heterocycles. The van der Waals surface area contributed by atoms with Crippen LogP contribution in [0.25, 0.3) is 0 Å². The summed E-state index contributed by atoms with van der Waals surface area (Å²) in [6.45, 7) is 2.04. The summed E-state index contributed by atoms with van der Waals surface area (Å²) in [5.74, 6) is -0.0888. The fraction of sp³-hybridized carbons (Fsp3) is 0.200. The van der Waals surface area contributed by atoms with Crippen molar-refractivity contribution in [2.45, 2.75) is 13.0 Å². The van der Waals surface area contributed by atoms with E-state index in [0.717, 1.165) is 11.4 Å². The van der Waals surface area contributed by atoms with Gasteiger partial charge >= 0.3 is 0 Å². The number of aromatic nitrogens is 1. The minimum atomic E-state index is -0.0888. The van der Waals surface area contributed by atoms with Crippen molar-refractivity contribution in [2.24, 2.45) is 0 Å². The fourth-order valence-corrected chi connectivity index (χ4v) is 1.85. The SMILES string of the molecule is CNC(=O)c1cccc(NC(C)c2ccccn2)c1. The second-order valence-electron chi connectivity index (χ2n) is 4.28. The molecule has 19 heavy (non-hydrogen) atoms. The van der Waals surface area contributed by atoms with E-state index >= 15 is 0 Å². The number of pyridine rings is 1. The molecule has 98 valence electrons. The Morgan fingerprint density at radius 3 is 2.74 bits per heavy atom. The highest BCUT2D eigenvalue weighted by atomic mass is 16.1. The Morgan fingerprint density at radius 1 is 1.21 bits per heavy atom. The smallest absolute Gasteiger partial charge is 0.251 e. The topological polar surface area (TPSA) is 54.0 Å². The summed E-state index contributed by atoms with van der Waals surface area (Å²) in [7, 11) is 1.62. The minimum absolute atomic E-state index is 0.0844. The third-order valence-corrected chi connectivity index (χ3v) is 2.87. The molecule has 0 aliphatic carbocycles. The Morgan fingerprint density at radius 2 is 2.05 bits per heavy atom. The second-order valence-corrected chi connectivity index (χ2v) is 4.28. The van der Waals surface area contributed by atoms with E-state index in [4.69, 9.17) is 0 Å². The Labute approximate surface area is 112 Å². The highest BCUT2D eigenvalue weighted by Gasteiger charge is 2.08. The highest BCUT2D eigenvalue weighted by Crippen LogP contribution is 2.18. The summed E-state index contributed by atoms with van der Waals surface area (Å²) in [6.07, 6.45) is 1.77. The van der Waals surface area contributed by atoms with Gasteiger partial charge in [0.1, 0.15) is 0 Å². The normalized spacial score (nSPS) is 11.7. The lowest BCUT2D eigenvalue weighted by Gasteiger charge is -2.15. The van der Waals surface area contributed by atoms with Crippen LogP contribution in [0.3, 0.4) is 0 Å². The van der Waals surface area contributed by atoms with E-state index in [2.05, 4.69) is 15.6 Å². The van der Waals surface area contributed by atoms with Crippen molar-refractivity contribution in [2.75, 3.05) is 12.4 Å². The molecule has 2 aromatic rings. The van der Waals surface area contributed by atoms with Gasteiger partial charge in [0.15, 0.2) is 0 Å². The maximum Gasteiger partial charge on any atom is 0.251 e. The Hall–Kier alpha value is -2.36. The van der Waals surface area contributed by atoms with Crippen LogP contribution in [-0.4, -0.2) is 17.9 Å². The maximum absolute atomic E-state index is 11.6. The Balaban J connectivity index is 2.13. The molecule has 1 atom stereocenters. The molecule has 1 amide bonds. The predicted octanol–water partition coefficient (Wildman–Crippen LogP) is 2.61. The van der Waals surface area contributed by atoms with Crippen LogP contribution < -0.4 is 10.6 Å². The van der Waals surface area contributed by atoms with Gasteiger partial charge in [-0.3, -0.25) is 9.78 Å². The van der Waals surface area contributed by atoms with E-state index in [1.54, 1.807) is 19.3 Å². The van der Waals surface area contributed by atoms with Gasteiger partial charge in [0, 0.05) is 24.5 Å². The Bertz CT molecular complexity index is 554. The molecule has 0 saturated heterocycles. The van der Waals surface area contributed by atoms with Crippen LogP contribution in [-0.2, 0) is 0 Å². The zero-order valence-electron chi connectivity index (χ0n) is 11.1. The average molecular weight is 255 g/mol. The molecule has 0 spiro atoms. The standard InChI is InChI=1S/C15H17N3O/c1-11(14-8-3-4-9-17-14)18-13-7-5-6-12(10-13)15(19)16-2/h3-11,18H,1-2H3,(H,16,19). The first-order valence-electron chi connectivity index (χ1n) is 6.20. The number of nitrogens with one attached hydrogen (secondary N) is 2. The van der Waals surface area contributed by atoms with E-state index < -0.39 is 0 Å². The van der Waals surface area contributed by atoms with E-state index in [0.29, 0.717) is 5.56 Å². The number of hydrogen-bond acceptors (Lipinski definition) is 3. The van der Waals surface area contributed by atoms with E-state index in [9.17, 15) is 4.79 Å². The number of carbonyl (C=O) groups excluding carboxylic acids is 1. The van der Waals surface area contributed by atoms with Crippen molar-refractivity contribution >= 4 is 11.6 Å². The van der Waals surface area contributed by atoms with Crippen LogP contribution in [0.15, 0.2) is 48.7 Å². The number of benzene rings is 1. The summed E-state index contributed by atoms with van der Waals surface area (Å²) in [4.78, 5) is 15.9. The van der Waals surface area contributed by atoms with Crippen LogP contribution in [0.2, 0.25) is 0 Å². The number of carbonyl (C=O) groups is 1. The molecule has 4 heteroatoms. The predicted molar refractivity (Wildman–Crippen MR) is 76.1 cm³/mol. The van der Waals surface area contributed by atoms with Gasteiger partial charge in [-0.15, -0.1) is 0 Å². The van der Waals surface area contributed by atoms with E-state index in [-0.39, 0.29) is 11.9 Å². The first kappa shape index (κ1) is 13.1. The quantitative estimate of drug-likeness (QED) is 0.883. The van der Waals surface area contributed by atoms with Gasteiger partial charge in [-0.05, 0) is 37.3 Å². The highest BCUT2D eigenvalue weighted by molar-refractivity contribution is 5.94. The molecular weight excluding hydrogens is 238 g/mol. The third-order valence-electron chi connectivity index (χ3n) is 2.87. The van der Waals surface area contributed by atoms with Gasteiger partial charge in [0.05, 0.1) is 11.7 Å². The molecule has 4 nitrogen and oxygen atoms in total. The molecule has 2 N–H and O–H groups in total. The molecule has 1 aromatic heterocycles. The van der Waals surface area contributed by atoms with Crippen LogP contribution in [0.4, 0.5) is 5.69 Å². The largest absolute Gasteiger partial charge is 0.377 e. The van der Waals surface area contributed by atoms with Crippen LogP contribution in [0, 0.1) is 0 Å². The lowest BCUT2D eigenvalue weighted by Crippen LogP contribution is -2.18. The molecule has 0 radical (unpaired) electrons. The van der Waals surface area contributed by atoms with Crippen molar-refractivity contribution < 1.29 is 4.79 Å². The summed E-state index contributed by atoms with van der Waals surface area (Å²) in [5.41, 5.74) is 2.51. The Kier molecular flexibility index (Phi) is 4.13. The van der Waals surface area contributed by atoms with E-state index in [1.165, 1.54) is 0 Å². The van der Waals surface area contributed by atoms with Crippen molar-refractivity contribution in [3.63, 3.8) is 0 Å². The molecule has 1 unspecified atom stereocenters. The number of anilines is 1. The summed E-state index contributed by atoms with van der Waals surface area (Å²) >= 11 is 0. The van der Waals surface area contributed by atoms with Gasteiger partial charge in [0.25, 0.3) is 5.91 Å². The summed E-state index contributed by atoms with van der Waals surface area (Å²) < 4.78 is 0. The molecule has 0 aliphatic rings. The van der Waals surface area contributed by atoms with Crippen LogP contribution in [0.1, 0.15) is 29.0 Å². The molecule has 0 saturated carbocycles. The number of nitrogens with zero attached hydrogens (tertiary/aromatic N) is 1. The third kappa shape index (κ3) is 3.31. The van der Waals surface area contributed by atoms with Crippen molar-refractivity contribution in [3.05, 3.63) is 59.9 Å². The number of hydrogen-bond donors (Lipinski definition) is 2. The molecule has 0 fully saturated rings. The average Bonchev–Trinajstić information content (AvgIpc) is 2.47. The molecule has 1 aromatic carbocycles. The van der Waals surface area contributed by atoms with Crippen molar-refractivity contribution in [3.8, 4) is 0 Å². The monoisotopic (exact) mass is 255 g/mol. The summed E-state index contributed by atoms with van der Waals surface area (Å²) in [5, 5.41) is 5.95.